The van der Waals surface area contributed by atoms with Gasteiger partial charge in [0, 0.05) is 32.6 Å². The summed E-state index contributed by atoms with van der Waals surface area (Å²) in [6, 6.07) is 0. The monoisotopic (exact) mass is 574 g/mol. The van der Waals surface area contributed by atoms with Crippen LogP contribution in [0.2, 0.25) is 0 Å². The third kappa shape index (κ3) is 4.56. The van der Waals surface area contributed by atoms with Crippen molar-refractivity contribution in [2.24, 2.45) is 52.3 Å². The predicted molar refractivity (Wildman–Crippen MR) is 149 cm³/mol. The quantitative estimate of drug-likeness (QED) is 0.324. The predicted octanol–water partition coefficient (Wildman–Crippen LogP) is 5.45. The molecule has 2 saturated heterocycles. The summed E-state index contributed by atoms with van der Waals surface area (Å²) in [5, 5.41) is 0. The molecule has 0 aromatic rings. The normalized spacial score (nSPS) is 52.0. The molecule has 14 atom stereocenters. The van der Waals surface area contributed by atoms with E-state index in [0.29, 0.717) is 36.2 Å². The first-order chi connectivity index (χ1) is 19.3. The van der Waals surface area contributed by atoms with Crippen LogP contribution in [0, 0.1) is 52.3 Å². The summed E-state index contributed by atoms with van der Waals surface area (Å²) >= 11 is 0. The Morgan fingerprint density at radius 2 is 1.44 bits per heavy atom. The molecule has 0 radical (unpaired) electrons. The van der Waals surface area contributed by atoms with Gasteiger partial charge in [0.2, 0.25) is 5.79 Å². The maximum Gasteiger partial charge on any atom is 0.303 e. The molecule has 2 aliphatic heterocycles. The van der Waals surface area contributed by atoms with Crippen LogP contribution in [0.1, 0.15) is 99.8 Å². The molecule has 0 unspecified atom stereocenters. The first-order valence-electron chi connectivity index (χ1n) is 16.1. The van der Waals surface area contributed by atoms with Crippen LogP contribution < -0.4 is 0 Å². The molecule has 230 valence electrons. The van der Waals surface area contributed by atoms with Crippen LogP contribution in [0.15, 0.2) is 0 Å². The van der Waals surface area contributed by atoms with Crippen LogP contribution in [0.4, 0.5) is 0 Å². The van der Waals surface area contributed by atoms with Crippen LogP contribution in [0.3, 0.4) is 0 Å². The summed E-state index contributed by atoms with van der Waals surface area (Å²) in [7, 11) is 0. The average Bonchev–Trinajstić information content (AvgIpc) is 3.32. The van der Waals surface area contributed by atoms with Gasteiger partial charge in [-0.2, -0.15) is 0 Å². The van der Waals surface area contributed by atoms with E-state index in [-0.39, 0.29) is 58.9 Å². The third-order valence-corrected chi connectivity index (χ3v) is 12.8. The van der Waals surface area contributed by atoms with Crippen molar-refractivity contribution in [3.8, 4) is 0 Å². The summed E-state index contributed by atoms with van der Waals surface area (Å²) in [6.07, 6.45) is 6.87. The summed E-state index contributed by atoms with van der Waals surface area (Å²) in [5.41, 5.74) is 0.107. The summed E-state index contributed by atoms with van der Waals surface area (Å²) in [6.45, 7) is 14.4. The lowest BCUT2D eigenvalue weighted by Gasteiger charge is -2.62. The van der Waals surface area contributed by atoms with Gasteiger partial charge in [0.1, 0.15) is 12.2 Å². The number of carbonyl (C=O) groups excluding carboxylic acids is 3. The molecular weight excluding hydrogens is 524 g/mol. The maximum atomic E-state index is 12.3. The lowest BCUT2D eigenvalue weighted by Crippen LogP contribution is -2.60. The first-order valence-corrected chi connectivity index (χ1v) is 16.1. The Balaban J connectivity index is 1.28. The molecule has 2 heterocycles. The van der Waals surface area contributed by atoms with Crippen molar-refractivity contribution in [1.82, 2.24) is 0 Å². The zero-order chi connectivity index (χ0) is 29.5. The number of hydrogen-bond donors (Lipinski definition) is 0. The Kier molecular flexibility index (Phi) is 7.32. The third-order valence-electron chi connectivity index (χ3n) is 12.8. The van der Waals surface area contributed by atoms with Crippen molar-refractivity contribution in [3.05, 3.63) is 0 Å². The molecule has 0 N–H and O–H groups in total. The van der Waals surface area contributed by atoms with E-state index in [1.807, 2.05) is 0 Å². The number of carbonyl (C=O) groups is 3. The number of ether oxygens (including phenoxy) is 5. The smallest absolute Gasteiger partial charge is 0.303 e. The molecule has 0 aromatic carbocycles. The van der Waals surface area contributed by atoms with E-state index in [4.69, 9.17) is 23.7 Å². The molecule has 0 bridgehead atoms. The van der Waals surface area contributed by atoms with Crippen molar-refractivity contribution in [2.45, 2.75) is 130 Å². The van der Waals surface area contributed by atoms with Crippen molar-refractivity contribution in [1.29, 1.82) is 0 Å². The molecule has 4 aliphatic carbocycles. The lowest BCUT2D eigenvalue weighted by atomic mass is 9.43. The van der Waals surface area contributed by atoms with E-state index in [1.165, 1.54) is 20.8 Å². The van der Waals surface area contributed by atoms with Gasteiger partial charge in [-0.15, -0.1) is 0 Å². The zero-order valence-electron chi connectivity index (χ0n) is 26.0. The Hall–Kier alpha value is -1.67. The highest BCUT2D eigenvalue weighted by molar-refractivity contribution is 5.67. The van der Waals surface area contributed by atoms with E-state index >= 15 is 0 Å². The molecule has 4 saturated carbocycles. The molecule has 6 rings (SSSR count). The highest BCUT2D eigenvalue weighted by atomic mass is 16.7. The number of esters is 3. The minimum absolute atomic E-state index is 0.0372. The van der Waals surface area contributed by atoms with Gasteiger partial charge in [0.25, 0.3) is 0 Å². The highest BCUT2D eigenvalue weighted by Gasteiger charge is 2.72. The van der Waals surface area contributed by atoms with Gasteiger partial charge in [-0.05, 0) is 91.8 Å². The van der Waals surface area contributed by atoms with Crippen molar-refractivity contribution in [2.75, 3.05) is 6.61 Å². The van der Waals surface area contributed by atoms with E-state index in [2.05, 4.69) is 27.7 Å². The van der Waals surface area contributed by atoms with Crippen LogP contribution in [-0.4, -0.2) is 54.7 Å². The second-order valence-electron chi connectivity index (χ2n) is 15.1. The maximum absolute atomic E-state index is 12.3. The molecule has 6 aliphatic rings. The standard InChI is InChI=1S/C33H50O8/c1-17-12-29(40-21(5)36)33(37-16-17)18(2)30-28(41-33)15-25-23-14-27(39-20(4)35)26-13-22(38-19(3)34)8-10-31(26,6)24(23)9-11-32(25,30)7/h17-18,22-30H,8-16H2,1-7H3/t17-,18+,22+,23-,24+,25+,26-,27+,28+,29+,30+,31-,32+,33+/m1/s1. The average molecular weight is 575 g/mol. The first kappa shape index (κ1) is 29.4. The van der Waals surface area contributed by atoms with Crippen LogP contribution in [0.5, 0.6) is 0 Å². The fourth-order valence-corrected chi connectivity index (χ4v) is 11.4. The van der Waals surface area contributed by atoms with E-state index in [9.17, 15) is 14.4 Å². The Morgan fingerprint density at radius 3 is 2.12 bits per heavy atom. The van der Waals surface area contributed by atoms with Gasteiger partial charge >= 0.3 is 17.9 Å². The second-order valence-corrected chi connectivity index (χ2v) is 15.1. The van der Waals surface area contributed by atoms with Gasteiger partial charge in [-0.3, -0.25) is 14.4 Å². The minimum atomic E-state index is -0.878. The highest BCUT2D eigenvalue weighted by Crippen LogP contribution is 2.71. The summed E-state index contributed by atoms with van der Waals surface area (Å²) in [4.78, 5) is 36.2. The summed E-state index contributed by atoms with van der Waals surface area (Å²) in [5.74, 6) is 0.746. The van der Waals surface area contributed by atoms with E-state index in [1.54, 1.807) is 0 Å². The SMILES string of the molecule is CC(=O)O[C@H]1CC[C@@]2(C)[C@H](C1)[C@@H](OC(C)=O)C[C@@H]1[C@@H]2CC[C@]2(C)[C@@H]3[C@H](C[C@@H]12)O[C@@]1(OC[C@H](C)C[C@@H]1OC(C)=O)[C@H]3C. The fourth-order valence-electron chi connectivity index (χ4n) is 11.4. The van der Waals surface area contributed by atoms with Crippen LogP contribution in [0.25, 0.3) is 0 Å². The van der Waals surface area contributed by atoms with E-state index < -0.39 is 11.9 Å². The molecule has 8 nitrogen and oxygen atoms in total. The number of rotatable bonds is 3. The Bertz CT molecular complexity index is 1080. The molecule has 1 spiro atoms. The van der Waals surface area contributed by atoms with Crippen molar-refractivity contribution in [3.63, 3.8) is 0 Å². The lowest BCUT2D eigenvalue weighted by molar-refractivity contribution is -0.318. The molecule has 8 heteroatoms. The molecule has 0 amide bonds. The topological polar surface area (TPSA) is 97.4 Å². The van der Waals surface area contributed by atoms with Gasteiger partial charge in [0.15, 0.2) is 6.10 Å². The van der Waals surface area contributed by atoms with Gasteiger partial charge in [-0.1, -0.05) is 27.7 Å². The Labute approximate surface area is 244 Å². The van der Waals surface area contributed by atoms with Crippen molar-refractivity contribution >= 4 is 17.9 Å². The molecular formula is C33H50O8. The second kappa shape index (κ2) is 10.2. The molecule has 6 fully saturated rings. The number of hydrogen-bond acceptors (Lipinski definition) is 8. The van der Waals surface area contributed by atoms with Crippen LogP contribution in [-0.2, 0) is 38.1 Å². The minimum Gasteiger partial charge on any atom is -0.463 e. The Morgan fingerprint density at radius 1 is 0.756 bits per heavy atom. The van der Waals surface area contributed by atoms with Gasteiger partial charge < -0.3 is 23.7 Å². The van der Waals surface area contributed by atoms with Crippen LogP contribution >= 0.6 is 0 Å². The van der Waals surface area contributed by atoms with Gasteiger partial charge in [-0.25, -0.2) is 0 Å². The summed E-state index contributed by atoms with van der Waals surface area (Å²) < 4.78 is 31.1. The number of fused-ring (bicyclic) bond motifs is 7. The van der Waals surface area contributed by atoms with Crippen molar-refractivity contribution < 1.29 is 38.1 Å². The fraction of sp³-hybridized carbons (Fsp3) is 0.909. The molecule has 41 heavy (non-hydrogen) atoms. The van der Waals surface area contributed by atoms with Gasteiger partial charge in [0.05, 0.1) is 12.7 Å². The zero-order valence-corrected chi connectivity index (χ0v) is 26.0. The molecule has 0 aromatic heterocycles. The van der Waals surface area contributed by atoms with E-state index in [0.717, 1.165) is 51.4 Å². The largest absolute Gasteiger partial charge is 0.463 e.